The fourth-order valence-corrected chi connectivity index (χ4v) is 4.43. The van der Waals surface area contributed by atoms with Gasteiger partial charge in [-0.05, 0) is 41.5 Å². The Balaban J connectivity index is 1.63. The van der Waals surface area contributed by atoms with Crippen LogP contribution in [0.5, 0.6) is 5.75 Å². The van der Waals surface area contributed by atoms with Crippen LogP contribution in [-0.4, -0.2) is 30.6 Å². The highest BCUT2D eigenvalue weighted by molar-refractivity contribution is 5.83. The van der Waals surface area contributed by atoms with E-state index in [1.807, 2.05) is 12.1 Å². The minimum Gasteiger partial charge on any atom is -0.463 e. The van der Waals surface area contributed by atoms with Crippen molar-refractivity contribution in [2.45, 2.75) is 18.9 Å². The zero-order chi connectivity index (χ0) is 22.5. The highest BCUT2D eigenvalue weighted by atomic mass is 19.1. The smallest absolute Gasteiger partial charge is 0.228 e. The number of ether oxygens (including phenoxy) is 1. The SMILES string of the molecule is O=C1CCN(Cc2ccccc2OCF)CC1C(c1ccc(F)cc1)c1ccc(F)cc1. The van der Waals surface area contributed by atoms with Gasteiger partial charge in [0.2, 0.25) is 6.86 Å². The van der Waals surface area contributed by atoms with Crippen LogP contribution in [0.1, 0.15) is 29.0 Å². The first-order valence-electron chi connectivity index (χ1n) is 10.6. The van der Waals surface area contributed by atoms with Crippen LogP contribution in [0.25, 0.3) is 0 Å². The summed E-state index contributed by atoms with van der Waals surface area (Å²) in [7, 11) is 0. The van der Waals surface area contributed by atoms with E-state index in [1.54, 1.807) is 36.4 Å². The van der Waals surface area contributed by atoms with Crippen molar-refractivity contribution in [3.8, 4) is 5.75 Å². The number of alkyl halides is 1. The number of hydrogen-bond acceptors (Lipinski definition) is 3. The van der Waals surface area contributed by atoms with Gasteiger partial charge in [-0.1, -0.05) is 42.5 Å². The molecule has 1 unspecified atom stereocenters. The molecule has 0 aromatic heterocycles. The molecule has 166 valence electrons. The average Bonchev–Trinajstić information content (AvgIpc) is 2.80. The van der Waals surface area contributed by atoms with Gasteiger partial charge in [0, 0.05) is 43.5 Å². The van der Waals surface area contributed by atoms with Crippen LogP contribution in [-0.2, 0) is 11.3 Å². The van der Waals surface area contributed by atoms with Crippen molar-refractivity contribution in [2.75, 3.05) is 20.0 Å². The molecule has 1 aliphatic heterocycles. The van der Waals surface area contributed by atoms with E-state index in [0.717, 1.165) is 16.7 Å². The molecule has 1 saturated heterocycles. The van der Waals surface area contributed by atoms with Gasteiger partial charge in [-0.2, -0.15) is 0 Å². The molecular weight excluding hydrogens is 415 g/mol. The number of nitrogens with zero attached hydrogens (tertiary/aromatic N) is 1. The second-order valence-electron chi connectivity index (χ2n) is 8.00. The van der Waals surface area contributed by atoms with Gasteiger partial charge in [-0.3, -0.25) is 9.69 Å². The molecule has 0 N–H and O–H groups in total. The first-order chi connectivity index (χ1) is 15.5. The summed E-state index contributed by atoms with van der Waals surface area (Å²) in [6.45, 7) is 0.663. The molecule has 0 radical (unpaired) electrons. The lowest BCUT2D eigenvalue weighted by Crippen LogP contribution is -2.43. The topological polar surface area (TPSA) is 29.5 Å². The van der Waals surface area contributed by atoms with Crippen LogP contribution in [0.2, 0.25) is 0 Å². The second-order valence-corrected chi connectivity index (χ2v) is 8.00. The Hall–Kier alpha value is -3.12. The maximum absolute atomic E-state index is 13.6. The van der Waals surface area contributed by atoms with Crippen LogP contribution in [0, 0.1) is 17.6 Å². The monoisotopic (exact) mass is 439 g/mol. The Morgan fingerprint density at radius 2 is 1.50 bits per heavy atom. The van der Waals surface area contributed by atoms with E-state index in [9.17, 15) is 18.0 Å². The number of rotatable bonds is 7. The maximum Gasteiger partial charge on any atom is 0.228 e. The van der Waals surface area contributed by atoms with Crippen LogP contribution >= 0.6 is 0 Å². The van der Waals surface area contributed by atoms with Gasteiger partial charge in [0.25, 0.3) is 0 Å². The minimum absolute atomic E-state index is 0.119. The van der Waals surface area contributed by atoms with Gasteiger partial charge in [0.15, 0.2) is 0 Å². The van der Waals surface area contributed by atoms with Crippen LogP contribution in [0.4, 0.5) is 13.2 Å². The lowest BCUT2D eigenvalue weighted by atomic mass is 9.76. The molecule has 6 heteroatoms. The zero-order valence-corrected chi connectivity index (χ0v) is 17.5. The molecule has 3 aromatic rings. The number of piperidine rings is 1. The van der Waals surface area contributed by atoms with E-state index >= 15 is 0 Å². The molecule has 3 aromatic carbocycles. The number of carbonyl (C=O) groups excluding carboxylic acids is 1. The Morgan fingerprint density at radius 1 is 0.906 bits per heavy atom. The molecule has 4 rings (SSSR count). The Labute approximate surface area is 185 Å². The van der Waals surface area contributed by atoms with Crippen molar-refractivity contribution in [2.24, 2.45) is 5.92 Å². The maximum atomic E-state index is 13.6. The van der Waals surface area contributed by atoms with Gasteiger partial charge in [-0.15, -0.1) is 0 Å². The Morgan fingerprint density at radius 3 is 2.09 bits per heavy atom. The summed E-state index contributed by atoms with van der Waals surface area (Å²) < 4.78 is 45.0. The molecule has 1 heterocycles. The van der Waals surface area contributed by atoms with Crippen LogP contribution < -0.4 is 4.74 Å². The predicted molar refractivity (Wildman–Crippen MR) is 116 cm³/mol. The number of hydrogen-bond donors (Lipinski definition) is 0. The van der Waals surface area contributed by atoms with Gasteiger partial charge in [0.1, 0.15) is 23.2 Å². The fraction of sp³-hybridized carbons (Fsp3) is 0.269. The summed E-state index contributed by atoms with van der Waals surface area (Å²) in [5, 5.41) is 0. The van der Waals surface area contributed by atoms with Crippen molar-refractivity contribution in [1.82, 2.24) is 4.90 Å². The van der Waals surface area contributed by atoms with E-state index in [0.29, 0.717) is 31.8 Å². The second kappa shape index (κ2) is 10.0. The molecule has 0 aliphatic carbocycles. The number of likely N-dealkylation sites (tertiary alicyclic amines) is 1. The van der Waals surface area contributed by atoms with E-state index in [2.05, 4.69) is 4.90 Å². The molecule has 0 saturated carbocycles. The number of ketones is 1. The molecule has 3 nitrogen and oxygen atoms in total. The van der Waals surface area contributed by atoms with E-state index in [4.69, 9.17) is 4.74 Å². The molecule has 1 atom stereocenters. The quantitative estimate of drug-likeness (QED) is 0.487. The summed E-state index contributed by atoms with van der Waals surface area (Å²) in [4.78, 5) is 15.2. The summed E-state index contributed by atoms with van der Waals surface area (Å²) in [5.41, 5.74) is 2.46. The predicted octanol–water partition coefficient (Wildman–Crippen LogP) is 5.49. The average molecular weight is 439 g/mol. The highest BCUT2D eigenvalue weighted by Gasteiger charge is 2.35. The molecule has 1 fully saturated rings. The van der Waals surface area contributed by atoms with Crippen molar-refractivity contribution in [1.29, 1.82) is 0 Å². The van der Waals surface area contributed by atoms with Gasteiger partial charge in [0.05, 0.1) is 0 Å². The molecule has 32 heavy (non-hydrogen) atoms. The Kier molecular flexibility index (Phi) is 6.90. The van der Waals surface area contributed by atoms with Crippen molar-refractivity contribution in [3.05, 3.63) is 101 Å². The van der Waals surface area contributed by atoms with Crippen molar-refractivity contribution >= 4 is 5.78 Å². The van der Waals surface area contributed by atoms with Gasteiger partial charge in [-0.25, -0.2) is 13.2 Å². The summed E-state index contributed by atoms with van der Waals surface area (Å²) in [6, 6.07) is 19.5. The normalized spacial score (nSPS) is 17.0. The van der Waals surface area contributed by atoms with E-state index in [1.165, 1.54) is 24.3 Å². The van der Waals surface area contributed by atoms with E-state index < -0.39 is 6.86 Å². The molecule has 1 aliphatic rings. The molecule has 0 amide bonds. The van der Waals surface area contributed by atoms with Gasteiger partial charge >= 0.3 is 0 Å². The number of carbonyl (C=O) groups is 1. The summed E-state index contributed by atoms with van der Waals surface area (Å²) >= 11 is 0. The summed E-state index contributed by atoms with van der Waals surface area (Å²) in [6.07, 6.45) is 0.371. The number of para-hydroxylation sites is 1. The van der Waals surface area contributed by atoms with E-state index in [-0.39, 0.29) is 29.3 Å². The third-order valence-corrected chi connectivity index (χ3v) is 5.98. The summed E-state index contributed by atoms with van der Waals surface area (Å²) in [5.74, 6) is -0.816. The molecule has 0 spiro atoms. The molecule has 0 bridgehead atoms. The fourth-order valence-electron chi connectivity index (χ4n) is 4.43. The lowest BCUT2D eigenvalue weighted by molar-refractivity contribution is -0.126. The first-order valence-corrected chi connectivity index (χ1v) is 10.6. The molecular formula is C26H24F3NO2. The highest BCUT2D eigenvalue weighted by Crippen LogP contribution is 2.36. The minimum atomic E-state index is -0.907. The lowest BCUT2D eigenvalue weighted by Gasteiger charge is -2.36. The largest absolute Gasteiger partial charge is 0.463 e. The standard InChI is InChI=1S/C26H24F3NO2/c27-17-32-25-4-2-1-3-20(25)15-30-14-13-24(31)23(16-30)26(18-5-9-21(28)10-6-18)19-7-11-22(29)12-8-19/h1-12,23,26H,13-17H2. The third kappa shape index (κ3) is 5.02. The van der Waals surface area contributed by atoms with Gasteiger partial charge < -0.3 is 4.74 Å². The number of benzene rings is 3. The third-order valence-electron chi connectivity index (χ3n) is 5.98. The zero-order valence-electron chi connectivity index (χ0n) is 17.5. The first kappa shape index (κ1) is 22.1. The van der Waals surface area contributed by atoms with Crippen molar-refractivity contribution in [3.63, 3.8) is 0 Å². The Bertz CT molecular complexity index is 1010. The van der Waals surface area contributed by atoms with Crippen LogP contribution in [0.15, 0.2) is 72.8 Å². The number of halogens is 3. The van der Waals surface area contributed by atoms with Crippen molar-refractivity contribution < 1.29 is 22.7 Å². The van der Waals surface area contributed by atoms with Crippen LogP contribution in [0.3, 0.4) is 0 Å². The number of Topliss-reactive ketones (excluding diaryl/α,β-unsaturated/α-hetero) is 1.